The van der Waals surface area contributed by atoms with Crippen LogP contribution >= 0.6 is 0 Å². The fraction of sp³-hybridized carbons (Fsp3) is 0.167. The largest absolute Gasteiger partial charge is 0.365 e. The summed E-state index contributed by atoms with van der Waals surface area (Å²) in [6.45, 7) is 3.69. The van der Waals surface area contributed by atoms with Gasteiger partial charge in [-0.15, -0.1) is 0 Å². The number of aldehydes is 2. The third kappa shape index (κ3) is 1.48. The average Bonchev–Trinajstić information content (AvgIpc) is 2.82. The molecule has 2 aromatic rings. The van der Waals surface area contributed by atoms with Gasteiger partial charge in [-0.2, -0.15) is 0 Å². The van der Waals surface area contributed by atoms with Gasteiger partial charge in [-0.05, 0) is 25.5 Å². The van der Waals surface area contributed by atoms with Gasteiger partial charge in [-0.1, -0.05) is 0 Å². The quantitative estimate of drug-likeness (QED) is 0.773. The van der Waals surface area contributed by atoms with E-state index in [2.05, 4.69) is 9.97 Å². The molecule has 0 aliphatic carbocycles. The Balaban J connectivity index is 2.64. The van der Waals surface area contributed by atoms with E-state index in [1.54, 1.807) is 6.92 Å². The SMILES string of the molecule is Cc1cc(-c2[nH]c(C=O)c(C)c2C=O)c[nH]1. The Morgan fingerprint density at radius 1 is 1.19 bits per heavy atom. The van der Waals surface area contributed by atoms with Gasteiger partial charge >= 0.3 is 0 Å². The van der Waals surface area contributed by atoms with Gasteiger partial charge < -0.3 is 9.97 Å². The topological polar surface area (TPSA) is 65.7 Å². The Morgan fingerprint density at radius 3 is 2.44 bits per heavy atom. The third-order valence-corrected chi connectivity index (χ3v) is 2.69. The lowest BCUT2D eigenvalue weighted by molar-refractivity contribution is 0.111. The highest BCUT2D eigenvalue weighted by atomic mass is 16.1. The number of aromatic nitrogens is 2. The highest BCUT2D eigenvalue weighted by Gasteiger charge is 2.15. The number of nitrogens with one attached hydrogen (secondary N) is 2. The molecule has 4 nitrogen and oxygen atoms in total. The second kappa shape index (κ2) is 3.81. The highest BCUT2D eigenvalue weighted by Crippen LogP contribution is 2.26. The van der Waals surface area contributed by atoms with Gasteiger partial charge in [-0.3, -0.25) is 9.59 Å². The van der Waals surface area contributed by atoms with E-state index in [0.717, 1.165) is 23.8 Å². The predicted octanol–water partition coefficient (Wildman–Crippen LogP) is 2.25. The smallest absolute Gasteiger partial charge is 0.166 e. The minimum Gasteiger partial charge on any atom is -0.365 e. The Labute approximate surface area is 92.7 Å². The lowest BCUT2D eigenvalue weighted by Crippen LogP contribution is -1.84. The molecule has 0 radical (unpaired) electrons. The lowest BCUT2D eigenvalue weighted by Gasteiger charge is -1.94. The molecule has 2 heterocycles. The Hall–Kier alpha value is -2.10. The molecule has 0 unspecified atom stereocenters. The maximum absolute atomic E-state index is 11.0. The van der Waals surface area contributed by atoms with Crippen molar-refractivity contribution in [2.45, 2.75) is 13.8 Å². The molecule has 0 amide bonds. The molecule has 0 spiro atoms. The summed E-state index contributed by atoms with van der Waals surface area (Å²) in [5.41, 5.74) is 4.28. The van der Waals surface area contributed by atoms with Gasteiger partial charge in [-0.25, -0.2) is 0 Å². The van der Waals surface area contributed by atoms with Gasteiger partial charge in [0.25, 0.3) is 0 Å². The van der Waals surface area contributed by atoms with E-state index in [4.69, 9.17) is 0 Å². The summed E-state index contributed by atoms with van der Waals surface area (Å²) in [6.07, 6.45) is 3.31. The van der Waals surface area contributed by atoms with E-state index < -0.39 is 0 Å². The lowest BCUT2D eigenvalue weighted by atomic mass is 10.1. The van der Waals surface area contributed by atoms with Crippen molar-refractivity contribution in [3.05, 3.63) is 34.8 Å². The summed E-state index contributed by atoms with van der Waals surface area (Å²) in [5, 5.41) is 0. The first-order valence-electron chi connectivity index (χ1n) is 4.95. The number of hydrogen-bond acceptors (Lipinski definition) is 2. The van der Waals surface area contributed by atoms with E-state index in [1.165, 1.54) is 0 Å². The number of aromatic amines is 2. The summed E-state index contributed by atoms with van der Waals surface area (Å²) < 4.78 is 0. The van der Waals surface area contributed by atoms with Gasteiger partial charge in [0.2, 0.25) is 0 Å². The zero-order chi connectivity index (χ0) is 11.7. The molecule has 0 bridgehead atoms. The summed E-state index contributed by atoms with van der Waals surface area (Å²) in [5.74, 6) is 0. The van der Waals surface area contributed by atoms with Gasteiger partial charge in [0.15, 0.2) is 12.6 Å². The van der Waals surface area contributed by atoms with Crippen molar-refractivity contribution in [3.8, 4) is 11.3 Å². The minimum atomic E-state index is 0.455. The summed E-state index contributed by atoms with van der Waals surface area (Å²) >= 11 is 0. The number of H-pyrrole nitrogens is 2. The van der Waals surface area contributed by atoms with Crippen LogP contribution in [-0.4, -0.2) is 22.5 Å². The van der Waals surface area contributed by atoms with Crippen LogP contribution in [0.25, 0.3) is 11.3 Å². The number of aryl methyl sites for hydroxylation is 1. The van der Waals surface area contributed by atoms with Crippen molar-refractivity contribution < 1.29 is 9.59 Å². The Bertz CT molecular complexity index is 549. The number of carbonyl (C=O) groups excluding carboxylic acids is 2. The zero-order valence-electron chi connectivity index (χ0n) is 9.13. The monoisotopic (exact) mass is 216 g/mol. The molecule has 16 heavy (non-hydrogen) atoms. The summed E-state index contributed by atoms with van der Waals surface area (Å²) in [7, 11) is 0. The average molecular weight is 216 g/mol. The van der Waals surface area contributed by atoms with Crippen LogP contribution in [0.5, 0.6) is 0 Å². The molecule has 0 aliphatic rings. The zero-order valence-corrected chi connectivity index (χ0v) is 9.13. The molecule has 4 heteroatoms. The number of carbonyl (C=O) groups is 2. The van der Waals surface area contributed by atoms with Crippen molar-refractivity contribution in [1.29, 1.82) is 0 Å². The van der Waals surface area contributed by atoms with Gasteiger partial charge in [0.05, 0.1) is 11.4 Å². The molecule has 0 aliphatic heterocycles. The van der Waals surface area contributed by atoms with Crippen LogP contribution < -0.4 is 0 Å². The van der Waals surface area contributed by atoms with Crippen LogP contribution in [0.2, 0.25) is 0 Å². The van der Waals surface area contributed by atoms with Gasteiger partial charge in [0.1, 0.15) is 0 Å². The van der Waals surface area contributed by atoms with Crippen LogP contribution in [-0.2, 0) is 0 Å². The highest BCUT2D eigenvalue weighted by molar-refractivity contribution is 5.93. The Morgan fingerprint density at radius 2 is 1.94 bits per heavy atom. The van der Waals surface area contributed by atoms with Crippen molar-refractivity contribution in [3.63, 3.8) is 0 Å². The van der Waals surface area contributed by atoms with Crippen molar-refractivity contribution in [1.82, 2.24) is 9.97 Å². The maximum atomic E-state index is 11.0. The predicted molar refractivity (Wildman–Crippen MR) is 60.8 cm³/mol. The maximum Gasteiger partial charge on any atom is 0.166 e. The van der Waals surface area contributed by atoms with Crippen LogP contribution in [0.3, 0.4) is 0 Å². The van der Waals surface area contributed by atoms with E-state index >= 15 is 0 Å². The van der Waals surface area contributed by atoms with Crippen LogP contribution in [0.4, 0.5) is 0 Å². The van der Waals surface area contributed by atoms with E-state index in [0.29, 0.717) is 22.5 Å². The second-order valence-electron chi connectivity index (χ2n) is 3.76. The first-order valence-corrected chi connectivity index (χ1v) is 4.95. The first kappa shape index (κ1) is 10.4. The molecule has 82 valence electrons. The first-order chi connectivity index (χ1) is 7.67. The van der Waals surface area contributed by atoms with E-state index in [1.807, 2.05) is 19.2 Å². The van der Waals surface area contributed by atoms with Gasteiger partial charge in [0, 0.05) is 23.0 Å². The standard InChI is InChI=1S/C12H12N2O2/c1-7-3-9(4-13-7)12-10(5-15)8(2)11(6-16)14-12/h3-6,13-14H,1-2H3. The van der Waals surface area contributed by atoms with Crippen LogP contribution in [0.15, 0.2) is 12.3 Å². The fourth-order valence-corrected chi connectivity index (χ4v) is 1.77. The molecule has 0 fully saturated rings. The van der Waals surface area contributed by atoms with Crippen molar-refractivity contribution in [2.24, 2.45) is 0 Å². The molecule has 0 saturated carbocycles. The minimum absolute atomic E-state index is 0.455. The normalized spacial score (nSPS) is 10.4. The molecular formula is C12H12N2O2. The van der Waals surface area contributed by atoms with Crippen LogP contribution in [0, 0.1) is 13.8 Å². The van der Waals surface area contributed by atoms with Crippen molar-refractivity contribution in [2.75, 3.05) is 0 Å². The molecule has 0 atom stereocenters. The molecule has 0 aromatic carbocycles. The third-order valence-electron chi connectivity index (χ3n) is 2.69. The van der Waals surface area contributed by atoms with E-state index in [9.17, 15) is 9.59 Å². The summed E-state index contributed by atoms with van der Waals surface area (Å²) in [6, 6.07) is 1.92. The number of rotatable bonds is 3. The van der Waals surface area contributed by atoms with Crippen molar-refractivity contribution >= 4 is 12.6 Å². The number of hydrogen-bond donors (Lipinski definition) is 2. The molecule has 2 aromatic heterocycles. The fourth-order valence-electron chi connectivity index (χ4n) is 1.77. The Kier molecular flexibility index (Phi) is 2.48. The molecular weight excluding hydrogens is 204 g/mol. The second-order valence-corrected chi connectivity index (χ2v) is 3.76. The van der Waals surface area contributed by atoms with E-state index in [-0.39, 0.29) is 0 Å². The molecule has 0 saturated heterocycles. The van der Waals surface area contributed by atoms with Crippen LogP contribution in [0.1, 0.15) is 32.1 Å². The summed E-state index contributed by atoms with van der Waals surface area (Å²) in [4.78, 5) is 27.8. The molecule has 2 N–H and O–H groups in total. The molecule has 2 rings (SSSR count).